The van der Waals surface area contributed by atoms with Crippen LogP contribution in [0.15, 0.2) is 48.5 Å². The summed E-state index contributed by atoms with van der Waals surface area (Å²) in [5, 5.41) is 12.8. The summed E-state index contributed by atoms with van der Waals surface area (Å²) in [6.07, 6.45) is -1.22. The van der Waals surface area contributed by atoms with Crippen molar-refractivity contribution in [2.75, 3.05) is 11.9 Å². The van der Waals surface area contributed by atoms with Gasteiger partial charge >= 0.3 is 6.09 Å². The van der Waals surface area contributed by atoms with E-state index in [0.29, 0.717) is 11.4 Å². The first-order valence-electron chi connectivity index (χ1n) is 8.53. The minimum absolute atomic E-state index is 0.0661. The van der Waals surface area contributed by atoms with Gasteiger partial charge < -0.3 is 15.2 Å². The summed E-state index contributed by atoms with van der Waals surface area (Å²) in [5.41, 5.74) is 2.74. The molecule has 6 nitrogen and oxygen atoms in total. The summed E-state index contributed by atoms with van der Waals surface area (Å²) < 4.78 is 5.31. The number of ether oxygens (including phenoxy) is 1. The molecule has 2 amide bonds. The molecule has 0 unspecified atom stereocenters. The summed E-state index contributed by atoms with van der Waals surface area (Å²) in [6, 6.07) is 13.6. The number of para-hydroxylation sites is 1. The number of β-amino-alcohol motifs (C(OH)–C–C–N with tert-alkyl or cyclic N) is 1. The average Bonchev–Trinajstić information content (AvgIpc) is 2.97. The highest BCUT2D eigenvalue weighted by Gasteiger charge is 2.40. The van der Waals surface area contributed by atoms with Crippen molar-refractivity contribution in [1.82, 2.24) is 4.90 Å². The number of rotatable bonds is 3. The van der Waals surface area contributed by atoms with Gasteiger partial charge in [0, 0.05) is 12.1 Å². The van der Waals surface area contributed by atoms with Gasteiger partial charge in [-0.2, -0.15) is 0 Å². The Kier molecular flexibility index (Phi) is 5.23. The van der Waals surface area contributed by atoms with E-state index in [0.717, 1.165) is 11.1 Å². The fraction of sp³-hybridized carbons (Fsp3) is 0.300. The molecule has 0 spiro atoms. The number of anilines is 1. The number of benzene rings is 2. The zero-order valence-corrected chi connectivity index (χ0v) is 14.8. The quantitative estimate of drug-likeness (QED) is 0.888. The van der Waals surface area contributed by atoms with Crippen molar-refractivity contribution in [3.63, 3.8) is 0 Å². The molecule has 136 valence electrons. The standard InChI is InChI=1S/C20H22N2O4/c1-13-8-14(2)10-15(9-13)21-19(24)18-11-16(23)12-22(18)20(25)26-17-6-4-3-5-7-17/h3-10,16,18,23H,11-12H2,1-2H3,(H,21,24)/t16-,18-/m0/s1. The van der Waals surface area contributed by atoms with Crippen LogP contribution in [0.1, 0.15) is 17.5 Å². The SMILES string of the molecule is Cc1cc(C)cc(NC(=O)[C@@H]2C[C@H](O)CN2C(=O)Oc2ccccc2)c1. The zero-order chi connectivity index (χ0) is 18.7. The average molecular weight is 354 g/mol. The summed E-state index contributed by atoms with van der Waals surface area (Å²) in [4.78, 5) is 26.4. The van der Waals surface area contributed by atoms with Gasteiger partial charge in [0.15, 0.2) is 0 Å². The lowest BCUT2D eigenvalue weighted by Gasteiger charge is -2.23. The Hall–Kier alpha value is -2.86. The summed E-state index contributed by atoms with van der Waals surface area (Å²) in [5.74, 6) is 0.0592. The van der Waals surface area contributed by atoms with Gasteiger partial charge in [-0.3, -0.25) is 9.69 Å². The minimum atomic E-state index is -0.776. The highest BCUT2D eigenvalue weighted by molar-refractivity contribution is 5.97. The van der Waals surface area contributed by atoms with Crippen molar-refractivity contribution >= 4 is 17.7 Å². The molecule has 0 aromatic heterocycles. The second-order valence-electron chi connectivity index (χ2n) is 6.60. The molecule has 2 aromatic rings. The highest BCUT2D eigenvalue weighted by atomic mass is 16.6. The van der Waals surface area contributed by atoms with Gasteiger partial charge in [0.1, 0.15) is 11.8 Å². The van der Waals surface area contributed by atoms with E-state index in [9.17, 15) is 14.7 Å². The number of aryl methyl sites for hydroxylation is 2. The Morgan fingerprint density at radius 2 is 1.77 bits per heavy atom. The van der Waals surface area contributed by atoms with E-state index in [4.69, 9.17) is 4.74 Å². The number of aliphatic hydroxyl groups excluding tert-OH is 1. The Balaban J connectivity index is 1.72. The second-order valence-corrected chi connectivity index (χ2v) is 6.60. The van der Waals surface area contributed by atoms with Crippen LogP contribution < -0.4 is 10.1 Å². The maximum absolute atomic E-state index is 12.7. The number of carbonyl (C=O) groups is 2. The van der Waals surface area contributed by atoms with E-state index in [1.807, 2.05) is 38.1 Å². The second kappa shape index (κ2) is 7.58. The number of carbonyl (C=O) groups excluding carboxylic acids is 2. The molecule has 3 rings (SSSR count). The van der Waals surface area contributed by atoms with Gasteiger partial charge in [-0.15, -0.1) is 0 Å². The van der Waals surface area contributed by atoms with Crippen LogP contribution in [0.5, 0.6) is 5.75 Å². The Labute approximate surface area is 152 Å². The Bertz CT molecular complexity index is 786. The van der Waals surface area contributed by atoms with E-state index in [1.54, 1.807) is 24.3 Å². The van der Waals surface area contributed by atoms with Crippen LogP contribution in [0.25, 0.3) is 0 Å². The number of hydrogen-bond donors (Lipinski definition) is 2. The molecule has 0 bridgehead atoms. The topological polar surface area (TPSA) is 78.9 Å². The molecule has 1 aliphatic rings. The monoisotopic (exact) mass is 354 g/mol. The lowest BCUT2D eigenvalue weighted by Crippen LogP contribution is -2.44. The smallest absolute Gasteiger partial charge is 0.410 e. The van der Waals surface area contributed by atoms with Gasteiger partial charge in [0.25, 0.3) is 0 Å². The lowest BCUT2D eigenvalue weighted by atomic mass is 10.1. The lowest BCUT2D eigenvalue weighted by molar-refractivity contribution is -0.119. The van der Waals surface area contributed by atoms with Crippen LogP contribution >= 0.6 is 0 Å². The van der Waals surface area contributed by atoms with E-state index < -0.39 is 18.2 Å². The van der Waals surface area contributed by atoms with Gasteiger partial charge in [0.05, 0.1) is 12.6 Å². The maximum atomic E-state index is 12.7. The normalized spacial score (nSPS) is 19.3. The number of amides is 2. The molecule has 0 radical (unpaired) electrons. The maximum Gasteiger partial charge on any atom is 0.416 e. The van der Waals surface area contributed by atoms with Crippen LogP contribution in [-0.2, 0) is 4.79 Å². The van der Waals surface area contributed by atoms with Crippen molar-refractivity contribution < 1.29 is 19.4 Å². The third-order valence-electron chi connectivity index (χ3n) is 4.25. The van der Waals surface area contributed by atoms with Crippen molar-refractivity contribution in [2.45, 2.75) is 32.4 Å². The van der Waals surface area contributed by atoms with Crippen LogP contribution in [0, 0.1) is 13.8 Å². The Morgan fingerprint density at radius 3 is 2.42 bits per heavy atom. The fourth-order valence-electron chi connectivity index (χ4n) is 3.18. The van der Waals surface area contributed by atoms with Crippen molar-refractivity contribution in [3.8, 4) is 5.75 Å². The van der Waals surface area contributed by atoms with E-state index >= 15 is 0 Å². The summed E-state index contributed by atoms with van der Waals surface area (Å²) in [7, 11) is 0. The molecule has 1 saturated heterocycles. The predicted octanol–water partition coefficient (Wildman–Crippen LogP) is 2.88. The largest absolute Gasteiger partial charge is 0.416 e. The number of likely N-dealkylation sites (tertiary alicyclic amines) is 1. The third kappa shape index (κ3) is 4.21. The van der Waals surface area contributed by atoms with Gasteiger partial charge in [-0.05, 0) is 49.2 Å². The molecule has 2 N–H and O–H groups in total. The number of nitrogens with one attached hydrogen (secondary N) is 1. The molecule has 2 aromatic carbocycles. The molecule has 26 heavy (non-hydrogen) atoms. The molecule has 2 atom stereocenters. The van der Waals surface area contributed by atoms with Gasteiger partial charge in [-0.25, -0.2) is 4.79 Å². The number of hydrogen-bond acceptors (Lipinski definition) is 4. The van der Waals surface area contributed by atoms with Crippen LogP contribution in [0.2, 0.25) is 0 Å². The molecule has 6 heteroatoms. The van der Waals surface area contributed by atoms with Crippen LogP contribution in [-0.4, -0.2) is 40.7 Å². The van der Waals surface area contributed by atoms with Gasteiger partial charge in [-0.1, -0.05) is 24.3 Å². The van der Waals surface area contributed by atoms with Crippen LogP contribution in [0.3, 0.4) is 0 Å². The van der Waals surface area contributed by atoms with Crippen molar-refractivity contribution in [2.24, 2.45) is 0 Å². The van der Waals surface area contributed by atoms with E-state index in [1.165, 1.54) is 4.90 Å². The van der Waals surface area contributed by atoms with Crippen molar-refractivity contribution in [1.29, 1.82) is 0 Å². The number of aliphatic hydroxyl groups is 1. The van der Waals surface area contributed by atoms with E-state index in [2.05, 4.69) is 5.32 Å². The minimum Gasteiger partial charge on any atom is -0.410 e. The molecule has 1 heterocycles. The molecule has 0 aliphatic carbocycles. The Morgan fingerprint density at radius 1 is 1.12 bits per heavy atom. The third-order valence-corrected chi connectivity index (χ3v) is 4.25. The van der Waals surface area contributed by atoms with Crippen LogP contribution in [0.4, 0.5) is 10.5 Å². The molecular weight excluding hydrogens is 332 g/mol. The molecule has 1 aliphatic heterocycles. The first-order chi connectivity index (χ1) is 12.4. The van der Waals surface area contributed by atoms with E-state index in [-0.39, 0.29) is 18.9 Å². The number of nitrogens with zero attached hydrogens (tertiary/aromatic N) is 1. The molecule has 0 saturated carbocycles. The highest BCUT2D eigenvalue weighted by Crippen LogP contribution is 2.23. The first kappa shape index (κ1) is 17.9. The molecule has 1 fully saturated rings. The molecular formula is C20H22N2O4. The van der Waals surface area contributed by atoms with Gasteiger partial charge in [0.2, 0.25) is 5.91 Å². The summed E-state index contributed by atoms with van der Waals surface area (Å²) >= 11 is 0. The fourth-order valence-corrected chi connectivity index (χ4v) is 3.18. The predicted molar refractivity (Wildman–Crippen MR) is 98.1 cm³/mol. The van der Waals surface area contributed by atoms with Crippen molar-refractivity contribution in [3.05, 3.63) is 59.7 Å². The first-order valence-corrected chi connectivity index (χ1v) is 8.53. The zero-order valence-electron chi connectivity index (χ0n) is 14.8. The summed E-state index contributed by atoms with van der Waals surface area (Å²) in [6.45, 7) is 3.97.